The van der Waals surface area contributed by atoms with E-state index in [9.17, 15) is 0 Å². The van der Waals surface area contributed by atoms with Gasteiger partial charge in [-0.05, 0) is 35.4 Å². The van der Waals surface area contributed by atoms with E-state index in [-0.39, 0.29) is 6.04 Å². The number of nitrogens with one attached hydrogen (secondary N) is 1. The third kappa shape index (κ3) is 2.18. The standard InChI is InChI=1S/C15H15N3O/c1-17-12-5-2-10(3-6-12)15(16)11-4-7-13-14(8-11)19-9-18-13/h2-9,15,17H,16H2,1H3. The lowest BCUT2D eigenvalue weighted by Crippen LogP contribution is -2.11. The van der Waals surface area contributed by atoms with Crippen molar-refractivity contribution in [1.29, 1.82) is 0 Å². The molecule has 19 heavy (non-hydrogen) atoms. The van der Waals surface area contributed by atoms with Gasteiger partial charge in [0, 0.05) is 12.7 Å². The summed E-state index contributed by atoms with van der Waals surface area (Å²) in [6.45, 7) is 0. The van der Waals surface area contributed by atoms with Crippen LogP contribution in [0.4, 0.5) is 5.69 Å². The molecule has 3 N–H and O–H groups in total. The third-order valence-electron chi connectivity index (χ3n) is 3.27. The molecular weight excluding hydrogens is 238 g/mol. The second-order valence-electron chi connectivity index (χ2n) is 4.43. The number of oxazole rings is 1. The van der Waals surface area contributed by atoms with Crippen LogP contribution in [0.3, 0.4) is 0 Å². The molecule has 0 spiro atoms. The minimum absolute atomic E-state index is 0.166. The summed E-state index contributed by atoms with van der Waals surface area (Å²) in [6, 6.07) is 13.8. The first-order valence-corrected chi connectivity index (χ1v) is 6.14. The van der Waals surface area contributed by atoms with Gasteiger partial charge in [0.1, 0.15) is 5.52 Å². The molecule has 3 aromatic rings. The van der Waals surface area contributed by atoms with Crippen molar-refractivity contribution in [3.8, 4) is 0 Å². The smallest absolute Gasteiger partial charge is 0.181 e. The van der Waals surface area contributed by atoms with Crippen LogP contribution in [0, 0.1) is 0 Å². The summed E-state index contributed by atoms with van der Waals surface area (Å²) in [5, 5.41) is 3.09. The molecule has 4 heteroatoms. The Balaban J connectivity index is 1.94. The highest BCUT2D eigenvalue weighted by Crippen LogP contribution is 2.24. The van der Waals surface area contributed by atoms with E-state index in [1.807, 2.05) is 49.5 Å². The van der Waals surface area contributed by atoms with Gasteiger partial charge >= 0.3 is 0 Å². The lowest BCUT2D eigenvalue weighted by molar-refractivity contribution is 0.601. The lowest BCUT2D eigenvalue weighted by Gasteiger charge is -2.13. The van der Waals surface area contributed by atoms with Crippen molar-refractivity contribution in [3.63, 3.8) is 0 Å². The number of fused-ring (bicyclic) bond motifs is 1. The Bertz CT molecular complexity index is 688. The highest BCUT2D eigenvalue weighted by atomic mass is 16.3. The summed E-state index contributed by atoms with van der Waals surface area (Å²) >= 11 is 0. The summed E-state index contributed by atoms with van der Waals surface area (Å²) < 4.78 is 5.30. The molecule has 2 aromatic carbocycles. The molecule has 0 bridgehead atoms. The summed E-state index contributed by atoms with van der Waals surface area (Å²) in [7, 11) is 1.90. The van der Waals surface area contributed by atoms with Crippen LogP contribution in [0.25, 0.3) is 11.1 Å². The zero-order chi connectivity index (χ0) is 13.2. The van der Waals surface area contributed by atoms with E-state index in [2.05, 4.69) is 10.3 Å². The summed E-state index contributed by atoms with van der Waals surface area (Å²) in [6.07, 6.45) is 1.45. The Morgan fingerprint density at radius 3 is 2.58 bits per heavy atom. The lowest BCUT2D eigenvalue weighted by atomic mass is 9.99. The second-order valence-corrected chi connectivity index (χ2v) is 4.43. The zero-order valence-corrected chi connectivity index (χ0v) is 10.6. The number of nitrogens with two attached hydrogens (primary N) is 1. The first-order chi connectivity index (χ1) is 9.28. The average Bonchev–Trinajstić information content (AvgIpc) is 2.94. The molecule has 0 radical (unpaired) electrons. The number of anilines is 1. The molecule has 3 rings (SSSR count). The van der Waals surface area contributed by atoms with E-state index in [0.29, 0.717) is 0 Å². The molecule has 0 saturated heterocycles. The molecule has 0 aliphatic rings. The fourth-order valence-electron chi connectivity index (χ4n) is 2.11. The van der Waals surface area contributed by atoms with Gasteiger partial charge in [-0.2, -0.15) is 0 Å². The molecule has 96 valence electrons. The van der Waals surface area contributed by atoms with Gasteiger partial charge < -0.3 is 15.5 Å². The van der Waals surface area contributed by atoms with Gasteiger partial charge in [0.15, 0.2) is 12.0 Å². The SMILES string of the molecule is CNc1ccc(C(N)c2ccc3ncoc3c2)cc1. The minimum atomic E-state index is -0.166. The first kappa shape index (κ1) is 11.7. The molecule has 0 fully saturated rings. The predicted molar refractivity (Wildman–Crippen MR) is 76.0 cm³/mol. The molecule has 0 aliphatic heterocycles. The van der Waals surface area contributed by atoms with E-state index in [1.54, 1.807) is 0 Å². The van der Waals surface area contributed by atoms with Crippen molar-refractivity contribution in [2.45, 2.75) is 6.04 Å². The van der Waals surface area contributed by atoms with Crippen LogP contribution >= 0.6 is 0 Å². The number of nitrogens with zero attached hydrogens (tertiary/aromatic N) is 1. The van der Waals surface area contributed by atoms with Crippen LogP contribution in [0.5, 0.6) is 0 Å². The van der Waals surface area contributed by atoms with Crippen LogP contribution < -0.4 is 11.1 Å². The molecule has 0 amide bonds. The van der Waals surface area contributed by atoms with Crippen molar-refractivity contribution < 1.29 is 4.42 Å². The van der Waals surface area contributed by atoms with Gasteiger partial charge in [0.25, 0.3) is 0 Å². The van der Waals surface area contributed by atoms with E-state index >= 15 is 0 Å². The van der Waals surface area contributed by atoms with Crippen molar-refractivity contribution in [2.24, 2.45) is 5.73 Å². The molecule has 1 unspecified atom stereocenters. The topological polar surface area (TPSA) is 64.1 Å². The van der Waals surface area contributed by atoms with E-state index < -0.39 is 0 Å². The van der Waals surface area contributed by atoms with Crippen LogP contribution in [0.2, 0.25) is 0 Å². The van der Waals surface area contributed by atoms with Gasteiger partial charge in [-0.3, -0.25) is 0 Å². The zero-order valence-electron chi connectivity index (χ0n) is 10.6. The second kappa shape index (κ2) is 4.74. The van der Waals surface area contributed by atoms with E-state index in [0.717, 1.165) is 27.9 Å². The fraction of sp³-hybridized carbons (Fsp3) is 0.133. The van der Waals surface area contributed by atoms with Crippen molar-refractivity contribution in [3.05, 3.63) is 60.0 Å². The highest BCUT2D eigenvalue weighted by molar-refractivity contribution is 5.73. The Morgan fingerprint density at radius 2 is 1.84 bits per heavy atom. The van der Waals surface area contributed by atoms with Crippen molar-refractivity contribution in [1.82, 2.24) is 4.98 Å². The first-order valence-electron chi connectivity index (χ1n) is 6.14. The molecule has 1 heterocycles. The molecule has 0 aliphatic carbocycles. The quantitative estimate of drug-likeness (QED) is 0.753. The van der Waals surface area contributed by atoms with Crippen LogP contribution in [-0.2, 0) is 0 Å². The van der Waals surface area contributed by atoms with Crippen molar-refractivity contribution in [2.75, 3.05) is 12.4 Å². The number of hydrogen-bond donors (Lipinski definition) is 2. The molecule has 1 aromatic heterocycles. The Labute approximate surface area is 111 Å². The summed E-state index contributed by atoms with van der Waals surface area (Å²) in [4.78, 5) is 4.10. The largest absolute Gasteiger partial charge is 0.443 e. The number of aromatic nitrogens is 1. The molecule has 4 nitrogen and oxygen atoms in total. The van der Waals surface area contributed by atoms with Gasteiger partial charge in [0.05, 0.1) is 6.04 Å². The molecular formula is C15H15N3O. The van der Waals surface area contributed by atoms with Crippen LogP contribution in [0.1, 0.15) is 17.2 Å². The van der Waals surface area contributed by atoms with E-state index in [4.69, 9.17) is 10.2 Å². The van der Waals surface area contributed by atoms with Crippen molar-refractivity contribution >= 4 is 16.8 Å². The van der Waals surface area contributed by atoms with Gasteiger partial charge in [-0.1, -0.05) is 18.2 Å². The fourth-order valence-corrected chi connectivity index (χ4v) is 2.11. The van der Waals surface area contributed by atoms with E-state index in [1.165, 1.54) is 6.39 Å². The minimum Gasteiger partial charge on any atom is -0.443 e. The summed E-state index contributed by atoms with van der Waals surface area (Å²) in [5.41, 5.74) is 11.1. The number of hydrogen-bond acceptors (Lipinski definition) is 4. The maximum atomic E-state index is 6.29. The van der Waals surface area contributed by atoms with Gasteiger partial charge in [-0.15, -0.1) is 0 Å². The Kier molecular flexibility index (Phi) is 2.93. The van der Waals surface area contributed by atoms with Crippen LogP contribution in [-0.4, -0.2) is 12.0 Å². The maximum Gasteiger partial charge on any atom is 0.181 e. The molecule has 0 saturated carbocycles. The highest BCUT2D eigenvalue weighted by Gasteiger charge is 2.10. The van der Waals surface area contributed by atoms with Gasteiger partial charge in [0.2, 0.25) is 0 Å². The summed E-state index contributed by atoms with van der Waals surface area (Å²) in [5.74, 6) is 0. The molecule has 1 atom stereocenters. The average molecular weight is 253 g/mol. The number of rotatable bonds is 3. The normalized spacial score (nSPS) is 12.5. The Morgan fingerprint density at radius 1 is 1.11 bits per heavy atom. The third-order valence-corrected chi connectivity index (χ3v) is 3.27. The monoisotopic (exact) mass is 253 g/mol. The maximum absolute atomic E-state index is 6.29. The van der Waals surface area contributed by atoms with Crippen LogP contribution in [0.15, 0.2) is 53.3 Å². The van der Waals surface area contributed by atoms with Gasteiger partial charge in [-0.25, -0.2) is 4.98 Å². The predicted octanol–water partition coefficient (Wildman–Crippen LogP) is 2.92. The Hall–Kier alpha value is -2.33. The number of benzene rings is 2.